The van der Waals surface area contributed by atoms with Gasteiger partial charge in [-0.3, -0.25) is 0 Å². The van der Waals surface area contributed by atoms with E-state index in [1.165, 1.54) is 6.20 Å². The SMILES string of the molecule is C/C=C(C)\C(=C/NCC)C(=O)O. The molecule has 0 aromatic heterocycles. The average Bonchev–Trinajstić information content (AvgIpc) is 2.04. The lowest BCUT2D eigenvalue weighted by Gasteiger charge is -2.02. The minimum atomic E-state index is -0.897. The number of carboxylic acids is 1. The maximum Gasteiger partial charge on any atom is 0.337 e. The van der Waals surface area contributed by atoms with Gasteiger partial charge in [-0.1, -0.05) is 6.08 Å². The molecule has 0 heterocycles. The van der Waals surface area contributed by atoms with Gasteiger partial charge in [0.05, 0.1) is 5.57 Å². The van der Waals surface area contributed by atoms with E-state index in [1.807, 2.05) is 13.8 Å². The van der Waals surface area contributed by atoms with Crippen LogP contribution in [0.5, 0.6) is 0 Å². The summed E-state index contributed by atoms with van der Waals surface area (Å²) in [6, 6.07) is 0. The zero-order chi connectivity index (χ0) is 9.56. The summed E-state index contributed by atoms with van der Waals surface area (Å²) in [6.07, 6.45) is 3.30. The molecule has 0 aliphatic rings. The summed E-state index contributed by atoms with van der Waals surface area (Å²) in [7, 11) is 0. The van der Waals surface area contributed by atoms with Crippen LogP contribution in [-0.2, 0) is 4.79 Å². The number of nitrogens with one attached hydrogen (secondary N) is 1. The van der Waals surface area contributed by atoms with Crippen LogP contribution >= 0.6 is 0 Å². The molecule has 0 spiro atoms. The molecule has 0 unspecified atom stereocenters. The zero-order valence-corrected chi connectivity index (χ0v) is 7.72. The highest BCUT2D eigenvalue weighted by atomic mass is 16.4. The van der Waals surface area contributed by atoms with Crippen molar-refractivity contribution in [2.75, 3.05) is 6.54 Å². The van der Waals surface area contributed by atoms with Gasteiger partial charge in [0.2, 0.25) is 0 Å². The topological polar surface area (TPSA) is 49.3 Å². The molecule has 0 saturated carbocycles. The Hall–Kier alpha value is -1.25. The molecule has 0 amide bonds. The van der Waals surface area contributed by atoms with Crippen LogP contribution in [0.25, 0.3) is 0 Å². The predicted octanol–water partition coefficient (Wildman–Crippen LogP) is 1.53. The van der Waals surface area contributed by atoms with Gasteiger partial charge in [-0.15, -0.1) is 0 Å². The van der Waals surface area contributed by atoms with Crippen LogP contribution in [-0.4, -0.2) is 17.6 Å². The largest absolute Gasteiger partial charge is 0.478 e. The molecule has 0 aliphatic heterocycles. The first-order chi connectivity index (χ1) is 5.63. The Kier molecular flexibility index (Phi) is 4.84. The summed E-state index contributed by atoms with van der Waals surface area (Å²) in [5.74, 6) is -0.897. The summed E-state index contributed by atoms with van der Waals surface area (Å²) in [6.45, 7) is 6.24. The molecule has 12 heavy (non-hydrogen) atoms. The van der Waals surface area contributed by atoms with Crippen molar-refractivity contribution < 1.29 is 9.90 Å². The minimum absolute atomic E-state index is 0.319. The van der Waals surface area contributed by atoms with E-state index in [0.29, 0.717) is 5.57 Å². The molecule has 0 radical (unpaired) electrons. The van der Waals surface area contributed by atoms with Crippen molar-refractivity contribution in [2.24, 2.45) is 0 Å². The number of hydrogen-bond acceptors (Lipinski definition) is 2. The van der Waals surface area contributed by atoms with Gasteiger partial charge >= 0.3 is 5.97 Å². The Labute approximate surface area is 72.8 Å². The molecule has 0 aromatic rings. The fourth-order valence-corrected chi connectivity index (χ4v) is 0.704. The molecule has 0 rings (SSSR count). The van der Waals surface area contributed by atoms with E-state index < -0.39 is 5.97 Å². The van der Waals surface area contributed by atoms with Crippen LogP contribution in [0.15, 0.2) is 23.4 Å². The molecular weight excluding hydrogens is 154 g/mol. The van der Waals surface area contributed by atoms with Crippen LogP contribution in [0.4, 0.5) is 0 Å². The lowest BCUT2D eigenvalue weighted by atomic mass is 10.1. The maximum absolute atomic E-state index is 10.7. The van der Waals surface area contributed by atoms with Crippen LogP contribution in [0.3, 0.4) is 0 Å². The predicted molar refractivity (Wildman–Crippen MR) is 48.8 cm³/mol. The highest BCUT2D eigenvalue weighted by Gasteiger charge is 2.07. The fraction of sp³-hybridized carbons (Fsp3) is 0.444. The number of rotatable bonds is 4. The molecule has 0 aliphatic carbocycles. The Morgan fingerprint density at radius 2 is 2.17 bits per heavy atom. The van der Waals surface area contributed by atoms with Gasteiger partial charge in [0.1, 0.15) is 0 Å². The molecule has 2 N–H and O–H groups in total. The van der Waals surface area contributed by atoms with Crippen LogP contribution in [0, 0.1) is 0 Å². The third-order valence-electron chi connectivity index (χ3n) is 1.54. The summed E-state index contributed by atoms with van der Waals surface area (Å²) < 4.78 is 0. The smallest absolute Gasteiger partial charge is 0.337 e. The van der Waals surface area contributed by atoms with Crippen molar-refractivity contribution in [1.29, 1.82) is 0 Å². The highest BCUT2D eigenvalue weighted by Crippen LogP contribution is 2.07. The molecule has 3 heteroatoms. The molecular formula is C9H15NO2. The lowest BCUT2D eigenvalue weighted by molar-refractivity contribution is -0.132. The van der Waals surface area contributed by atoms with Gasteiger partial charge in [-0.05, 0) is 26.3 Å². The summed E-state index contributed by atoms with van der Waals surface area (Å²) in [4.78, 5) is 10.7. The Morgan fingerprint density at radius 1 is 1.58 bits per heavy atom. The molecule has 68 valence electrons. The molecule has 0 fully saturated rings. The number of carboxylic acid groups (broad SMARTS) is 1. The third-order valence-corrected chi connectivity index (χ3v) is 1.54. The number of aliphatic carboxylic acids is 1. The summed E-state index contributed by atoms with van der Waals surface area (Å²) in [5.41, 5.74) is 1.09. The average molecular weight is 169 g/mol. The van der Waals surface area contributed by atoms with E-state index >= 15 is 0 Å². The second-order valence-electron chi connectivity index (χ2n) is 2.39. The summed E-state index contributed by atoms with van der Waals surface area (Å²) >= 11 is 0. The van der Waals surface area contributed by atoms with E-state index in [0.717, 1.165) is 12.1 Å². The van der Waals surface area contributed by atoms with Crippen molar-refractivity contribution in [3.8, 4) is 0 Å². The molecule has 3 nitrogen and oxygen atoms in total. The van der Waals surface area contributed by atoms with E-state index in [4.69, 9.17) is 5.11 Å². The van der Waals surface area contributed by atoms with Gasteiger partial charge in [0.15, 0.2) is 0 Å². The molecule has 0 saturated heterocycles. The third kappa shape index (κ3) is 3.23. The minimum Gasteiger partial charge on any atom is -0.478 e. The monoisotopic (exact) mass is 169 g/mol. The number of carbonyl (C=O) groups is 1. The number of hydrogen-bond donors (Lipinski definition) is 2. The lowest BCUT2D eigenvalue weighted by Crippen LogP contribution is -2.10. The van der Waals surface area contributed by atoms with E-state index in [9.17, 15) is 4.79 Å². The van der Waals surface area contributed by atoms with Crippen molar-refractivity contribution in [1.82, 2.24) is 5.32 Å². The second-order valence-corrected chi connectivity index (χ2v) is 2.39. The molecule has 0 aromatic carbocycles. The van der Waals surface area contributed by atoms with Crippen molar-refractivity contribution in [3.05, 3.63) is 23.4 Å². The van der Waals surface area contributed by atoms with Crippen molar-refractivity contribution in [3.63, 3.8) is 0 Å². The Balaban J connectivity index is 4.55. The van der Waals surface area contributed by atoms with Crippen LogP contribution < -0.4 is 5.32 Å². The van der Waals surface area contributed by atoms with E-state index in [2.05, 4.69) is 5.32 Å². The number of allylic oxidation sites excluding steroid dienone is 1. The van der Waals surface area contributed by atoms with Crippen LogP contribution in [0.1, 0.15) is 20.8 Å². The normalized spacial score (nSPS) is 12.9. The maximum atomic E-state index is 10.7. The van der Waals surface area contributed by atoms with E-state index in [-0.39, 0.29) is 0 Å². The highest BCUT2D eigenvalue weighted by molar-refractivity contribution is 5.91. The quantitative estimate of drug-likeness (QED) is 0.495. The first-order valence-corrected chi connectivity index (χ1v) is 3.93. The Bertz CT molecular complexity index is 217. The molecule has 0 atom stereocenters. The van der Waals surface area contributed by atoms with Gasteiger partial charge in [-0.2, -0.15) is 0 Å². The molecule has 0 bridgehead atoms. The van der Waals surface area contributed by atoms with Gasteiger partial charge < -0.3 is 10.4 Å². The van der Waals surface area contributed by atoms with Crippen molar-refractivity contribution in [2.45, 2.75) is 20.8 Å². The second kappa shape index (κ2) is 5.41. The van der Waals surface area contributed by atoms with E-state index in [1.54, 1.807) is 13.0 Å². The van der Waals surface area contributed by atoms with Gasteiger partial charge in [-0.25, -0.2) is 4.79 Å². The van der Waals surface area contributed by atoms with Gasteiger partial charge in [0, 0.05) is 12.7 Å². The Morgan fingerprint density at radius 3 is 2.50 bits per heavy atom. The first kappa shape index (κ1) is 10.8. The first-order valence-electron chi connectivity index (χ1n) is 3.93. The zero-order valence-electron chi connectivity index (χ0n) is 7.72. The fourth-order valence-electron chi connectivity index (χ4n) is 0.704. The van der Waals surface area contributed by atoms with Crippen LogP contribution in [0.2, 0.25) is 0 Å². The van der Waals surface area contributed by atoms with Gasteiger partial charge in [0.25, 0.3) is 0 Å². The summed E-state index contributed by atoms with van der Waals surface area (Å²) in [5, 5.41) is 11.6. The van der Waals surface area contributed by atoms with Crippen molar-refractivity contribution >= 4 is 5.97 Å². The standard InChI is InChI=1S/C9H15NO2/c1-4-7(3)8(9(11)12)6-10-5-2/h4,6,10H,5H2,1-3H3,(H,11,12)/b7-4-,8-6+.